The number of rotatable bonds is 6. The van der Waals surface area contributed by atoms with Gasteiger partial charge in [-0.2, -0.15) is 0 Å². The van der Waals surface area contributed by atoms with Crippen LogP contribution < -0.4 is 0 Å². The standard InChI is InChI=1S/C25H31FN2/c1-18(2)24-15-14-23-16-27-17-28(23)25(24)5-3-4-19-6-8-20(9-7-19)21-10-12-22(26)13-11-21/h10-20H,3-9H2,1-2H3. The van der Waals surface area contributed by atoms with Gasteiger partial charge in [-0.1, -0.05) is 38.5 Å². The molecule has 1 saturated carbocycles. The molecule has 0 N–H and O–H groups in total. The molecule has 28 heavy (non-hydrogen) atoms. The first-order chi connectivity index (χ1) is 13.6. The molecule has 0 bridgehead atoms. The van der Waals surface area contributed by atoms with Crippen molar-refractivity contribution < 1.29 is 4.39 Å². The van der Waals surface area contributed by atoms with Crippen LogP contribution in [0.25, 0.3) is 5.52 Å². The van der Waals surface area contributed by atoms with Crippen molar-refractivity contribution in [2.75, 3.05) is 0 Å². The number of aromatic nitrogens is 2. The molecule has 2 aromatic heterocycles. The van der Waals surface area contributed by atoms with E-state index in [-0.39, 0.29) is 5.82 Å². The lowest BCUT2D eigenvalue weighted by molar-refractivity contribution is 0.304. The minimum absolute atomic E-state index is 0.133. The van der Waals surface area contributed by atoms with E-state index >= 15 is 0 Å². The summed E-state index contributed by atoms with van der Waals surface area (Å²) in [6.45, 7) is 4.55. The van der Waals surface area contributed by atoms with Gasteiger partial charge in [0.1, 0.15) is 5.82 Å². The first-order valence-corrected chi connectivity index (χ1v) is 10.8. The molecule has 1 aromatic carbocycles. The lowest BCUT2D eigenvalue weighted by Gasteiger charge is -2.29. The fourth-order valence-corrected chi connectivity index (χ4v) is 4.93. The predicted molar refractivity (Wildman–Crippen MR) is 113 cm³/mol. The summed E-state index contributed by atoms with van der Waals surface area (Å²) < 4.78 is 15.4. The number of imidazole rings is 1. The molecule has 2 heterocycles. The van der Waals surface area contributed by atoms with E-state index in [9.17, 15) is 4.39 Å². The van der Waals surface area contributed by atoms with Crippen LogP contribution in [0.3, 0.4) is 0 Å². The summed E-state index contributed by atoms with van der Waals surface area (Å²) in [6.07, 6.45) is 12.7. The molecule has 3 heteroatoms. The van der Waals surface area contributed by atoms with Gasteiger partial charge in [0, 0.05) is 5.69 Å². The van der Waals surface area contributed by atoms with Gasteiger partial charge in [-0.3, -0.25) is 0 Å². The SMILES string of the molecule is CC(C)c1ccc2cncn2c1CCCC1CCC(c2ccc(F)cc2)CC1. The molecule has 2 nitrogen and oxygen atoms in total. The molecule has 1 fully saturated rings. The van der Waals surface area contributed by atoms with E-state index in [0.717, 1.165) is 12.3 Å². The van der Waals surface area contributed by atoms with Crippen LogP contribution in [0.4, 0.5) is 4.39 Å². The van der Waals surface area contributed by atoms with Crippen molar-refractivity contribution in [2.45, 2.75) is 70.6 Å². The summed E-state index contributed by atoms with van der Waals surface area (Å²) in [5.74, 6) is 1.85. The maximum Gasteiger partial charge on any atom is 0.123 e. The minimum atomic E-state index is -0.133. The highest BCUT2D eigenvalue weighted by molar-refractivity contribution is 5.48. The Hall–Kier alpha value is -2.16. The van der Waals surface area contributed by atoms with E-state index in [4.69, 9.17) is 0 Å². The number of pyridine rings is 1. The molecular formula is C25H31FN2. The van der Waals surface area contributed by atoms with Crippen LogP contribution in [0.1, 0.15) is 81.0 Å². The zero-order chi connectivity index (χ0) is 19.5. The van der Waals surface area contributed by atoms with Crippen LogP contribution in [-0.4, -0.2) is 9.38 Å². The highest BCUT2D eigenvalue weighted by Gasteiger charge is 2.22. The van der Waals surface area contributed by atoms with Gasteiger partial charge in [0.25, 0.3) is 0 Å². The molecule has 0 aliphatic heterocycles. The van der Waals surface area contributed by atoms with Crippen molar-refractivity contribution >= 4 is 5.52 Å². The molecule has 4 rings (SSSR count). The minimum Gasteiger partial charge on any atom is -0.303 e. The summed E-state index contributed by atoms with van der Waals surface area (Å²) in [6, 6.07) is 11.6. The second-order valence-corrected chi connectivity index (χ2v) is 8.74. The molecule has 1 aliphatic carbocycles. The predicted octanol–water partition coefficient (Wildman–Crippen LogP) is 6.89. The Labute approximate surface area is 167 Å². The summed E-state index contributed by atoms with van der Waals surface area (Å²) in [7, 11) is 0. The molecule has 1 aliphatic rings. The number of nitrogens with zero attached hydrogens (tertiary/aromatic N) is 2. The number of hydrogen-bond donors (Lipinski definition) is 0. The van der Waals surface area contributed by atoms with E-state index in [1.54, 1.807) is 12.1 Å². The normalized spacial score (nSPS) is 20.1. The molecule has 0 spiro atoms. The average molecular weight is 379 g/mol. The van der Waals surface area contributed by atoms with Crippen LogP contribution >= 0.6 is 0 Å². The zero-order valence-electron chi connectivity index (χ0n) is 17.1. The lowest BCUT2D eigenvalue weighted by atomic mass is 9.77. The molecule has 0 unspecified atom stereocenters. The second-order valence-electron chi connectivity index (χ2n) is 8.74. The Morgan fingerprint density at radius 1 is 1.04 bits per heavy atom. The van der Waals surface area contributed by atoms with Gasteiger partial charge in [-0.05, 0) is 85.6 Å². The first kappa shape index (κ1) is 19.2. The molecule has 148 valence electrons. The largest absolute Gasteiger partial charge is 0.303 e. The lowest BCUT2D eigenvalue weighted by Crippen LogP contribution is -2.14. The fraction of sp³-hybridized carbons (Fsp3) is 0.480. The van der Waals surface area contributed by atoms with Gasteiger partial charge >= 0.3 is 0 Å². The number of hydrogen-bond acceptors (Lipinski definition) is 1. The van der Waals surface area contributed by atoms with Crippen molar-refractivity contribution in [3.63, 3.8) is 0 Å². The molecule has 0 saturated heterocycles. The van der Waals surface area contributed by atoms with Gasteiger partial charge in [0.15, 0.2) is 0 Å². The van der Waals surface area contributed by atoms with Gasteiger partial charge in [0.05, 0.1) is 18.0 Å². The third-order valence-corrected chi connectivity index (χ3v) is 6.56. The Morgan fingerprint density at radius 2 is 1.79 bits per heavy atom. The third kappa shape index (κ3) is 4.14. The molecule has 0 amide bonds. The summed E-state index contributed by atoms with van der Waals surface area (Å²) >= 11 is 0. The number of aryl methyl sites for hydroxylation is 1. The zero-order valence-corrected chi connectivity index (χ0v) is 17.1. The van der Waals surface area contributed by atoms with Crippen molar-refractivity contribution in [3.8, 4) is 0 Å². The van der Waals surface area contributed by atoms with E-state index in [2.05, 4.69) is 35.4 Å². The fourth-order valence-electron chi connectivity index (χ4n) is 4.93. The summed E-state index contributed by atoms with van der Waals surface area (Å²) in [5.41, 5.74) is 5.39. The third-order valence-electron chi connectivity index (χ3n) is 6.56. The highest BCUT2D eigenvalue weighted by atomic mass is 19.1. The van der Waals surface area contributed by atoms with Crippen LogP contribution in [0.15, 0.2) is 48.9 Å². The highest BCUT2D eigenvalue weighted by Crippen LogP contribution is 2.37. The summed E-state index contributed by atoms with van der Waals surface area (Å²) in [4.78, 5) is 4.34. The topological polar surface area (TPSA) is 17.3 Å². The van der Waals surface area contributed by atoms with Gasteiger partial charge in [-0.15, -0.1) is 0 Å². The molecular weight excluding hydrogens is 347 g/mol. The van der Waals surface area contributed by atoms with Gasteiger partial charge < -0.3 is 4.40 Å². The maximum absolute atomic E-state index is 13.1. The van der Waals surface area contributed by atoms with Crippen LogP contribution in [0, 0.1) is 11.7 Å². The Kier molecular flexibility index (Phi) is 5.79. The smallest absolute Gasteiger partial charge is 0.123 e. The van der Waals surface area contributed by atoms with Crippen molar-refractivity contribution in [1.82, 2.24) is 9.38 Å². The van der Waals surface area contributed by atoms with E-state index in [0.29, 0.717) is 11.8 Å². The number of benzene rings is 1. The average Bonchev–Trinajstić information content (AvgIpc) is 3.18. The Bertz CT molecular complexity index is 902. The second kappa shape index (κ2) is 8.46. The maximum atomic E-state index is 13.1. The molecule has 3 aromatic rings. The van der Waals surface area contributed by atoms with Crippen LogP contribution in [0.2, 0.25) is 0 Å². The van der Waals surface area contributed by atoms with E-state index in [1.807, 2.05) is 24.7 Å². The number of halogens is 1. The number of fused-ring (bicyclic) bond motifs is 1. The van der Waals surface area contributed by atoms with Gasteiger partial charge in [-0.25, -0.2) is 9.37 Å². The Morgan fingerprint density at radius 3 is 2.50 bits per heavy atom. The van der Waals surface area contributed by atoms with E-state index < -0.39 is 0 Å². The van der Waals surface area contributed by atoms with Crippen molar-refractivity contribution in [3.05, 3.63) is 71.6 Å². The molecule has 0 radical (unpaired) electrons. The van der Waals surface area contributed by atoms with Crippen molar-refractivity contribution in [2.24, 2.45) is 5.92 Å². The van der Waals surface area contributed by atoms with E-state index in [1.165, 1.54) is 60.9 Å². The van der Waals surface area contributed by atoms with Crippen LogP contribution in [0.5, 0.6) is 0 Å². The van der Waals surface area contributed by atoms with Gasteiger partial charge in [0.2, 0.25) is 0 Å². The summed E-state index contributed by atoms with van der Waals surface area (Å²) in [5, 5.41) is 0. The Balaban J connectivity index is 1.33. The quantitative estimate of drug-likeness (QED) is 0.456. The first-order valence-electron chi connectivity index (χ1n) is 10.8. The van der Waals surface area contributed by atoms with Crippen molar-refractivity contribution in [1.29, 1.82) is 0 Å². The molecule has 0 atom stereocenters. The monoisotopic (exact) mass is 378 g/mol. The van der Waals surface area contributed by atoms with Crippen LogP contribution in [-0.2, 0) is 6.42 Å².